The monoisotopic (exact) mass is 439 g/mol. The number of unbranched alkanes of at least 4 members (excludes halogenated alkanes) is 1. The van der Waals surface area contributed by atoms with E-state index in [9.17, 15) is 9.59 Å². The van der Waals surface area contributed by atoms with Crippen molar-refractivity contribution in [3.63, 3.8) is 0 Å². The lowest BCUT2D eigenvalue weighted by Crippen LogP contribution is -2.22. The molecule has 154 valence electrons. The van der Waals surface area contributed by atoms with Gasteiger partial charge in [0.2, 0.25) is 0 Å². The van der Waals surface area contributed by atoms with Gasteiger partial charge in [-0.05, 0) is 42.7 Å². The number of hydrogen-bond acceptors (Lipinski definition) is 6. The number of ether oxygens (including phenoxy) is 1. The molecule has 4 rings (SSSR count). The van der Waals surface area contributed by atoms with Crippen LogP contribution in [0.1, 0.15) is 35.1 Å². The fourth-order valence-corrected chi connectivity index (χ4v) is 5.13. The number of fused-ring (bicyclic) bond motifs is 2. The second kappa shape index (κ2) is 8.89. The van der Waals surface area contributed by atoms with Gasteiger partial charge in [-0.25, -0.2) is 4.98 Å². The summed E-state index contributed by atoms with van der Waals surface area (Å²) in [6, 6.07) is 13.8. The highest BCUT2D eigenvalue weighted by atomic mass is 32.1. The lowest BCUT2D eigenvalue weighted by molar-refractivity contribution is -0.141. The molecule has 2 aromatic carbocycles. The molecule has 0 saturated carbocycles. The maximum absolute atomic E-state index is 12.8. The van der Waals surface area contributed by atoms with E-state index in [1.54, 1.807) is 4.57 Å². The van der Waals surface area contributed by atoms with E-state index in [0.29, 0.717) is 9.81 Å². The maximum Gasteiger partial charge on any atom is 0.325 e. The maximum atomic E-state index is 12.8. The van der Waals surface area contributed by atoms with Gasteiger partial charge in [-0.15, -0.1) is 11.3 Å². The first-order valence-corrected chi connectivity index (χ1v) is 11.4. The zero-order valence-corrected chi connectivity index (χ0v) is 18.4. The molecule has 0 fully saturated rings. The van der Waals surface area contributed by atoms with Crippen LogP contribution >= 0.6 is 22.7 Å². The molecular formula is C22H21N3O3S2. The Bertz CT molecular complexity index is 1270. The van der Waals surface area contributed by atoms with Crippen molar-refractivity contribution in [2.45, 2.75) is 32.7 Å². The molecule has 30 heavy (non-hydrogen) atoms. The van der Waals surface area contributed by atoms with Gasteiger partial charge in [0, 0.05) is 0 Å². The first-order chi connectivity index (χ1) is 14.6. The Labute approximate surface area is 181 Å². The molecule has 0 N–H and O–H groups in total. The molecule has 0 spiro atoms. The molecule has 4 aromatic rings. The number of benzene rings is 2. The van der Waals surface area contributed by atoms with Gasteiger partial charge >= 0.3 is 11.9 Å². The Morgan fingerprint density at radius 2 is 1.97 bits per heavy atom. The highest BCUT2D eigenvalue weighted by Crippen LogP contribution is 2.23. The topological polar surface area (TPSA) is 73.5 Å². The molecule has 8 heteroatoms. The van der Waals surface area contributed by atoms with Crippen molar-refractivity contribution in [2.24, 2.45) is 4.99 Å². The van der Waals surface area contributed by atoms with Crippen LogP contribution in [0.3, 0.4) is 0 Å². The Hall–Kier alpha value is -2.84. The normalized spacial score (nSPS) is 12.0. The predicted octanol–water partition coefficient (Wildman–Crippen LogP) is 4.57. The van der Waals surface area contributed by atoms with Crippen LogP contribution < -0.4 is 4.80 Å². The second-order valence-corrected chi connectivity index (χ2v) is 8.90. The smallest absolute Gasteiger partial charge is 0.325 e. The summed E-state index contributed by atoms with van der Waals surface area (Å²) in [5.41, 5.74) is 2.88. The van der Waals surface area contributed by atoms with Crippen LogP contribution in [-0.4, -0.2) is 28.5 Å². The van der Waals surface area contributed by atoms with Crippen LogP contribution in [0.4, 0.5) is 0 Å². The lowest BCUT2D eigenvalue weighted by atomic mass is 10.1. The summed E-state index contributed by atoms with van der Waals surface area (Å²) in [5, 5.41) is 0.335. The number of aryl methyl sites for hydroxylation is 1. The summed E-state index contributed by atoms with van der Waals surface area (Å²) in [6.45, 7) is 2.16. The largest absolute Gasteiger partial charge is 0.468 e. The molecule has 0 radical (unpaired) electrons. The van der Waals surface area contributed by atoms with Gasteiger partial charge in [-0.2, -0.15) is 4.99 Å². The molecule has 0 bridgehead atoms. The van der Waals surface area contributed by atoms with E-state index < -0.39 is 11.9 Å². The molecule has 0 saturated heterocycles. The number of carbonyl (C=O) groups is 2. The van der Waals surface area contributed by atoms with Crippen molar-refractivity contribution >= 4 is 55.0 Å². The van der Waals surface area contributed by atoms with Crippen molar-refractivity contribution in [2.75, 3.05) is 7.11 Å². The SMILES string of the molecule is CCCCc1ccc2c(c1)sc(=NC(=O)c1nc3ccccc3s1)n2CC(=O)OC. The lowest BCUT2D eigenvalue weighted by Gasteiger charge is -2.04. The average Bonchev–Trinajstić information content (AvgIpc) is 3.33. The van der Waals surface area contributed by atoms with E-state index >= 15 is 0 Å². The third kappa shape index (κ3) is 4.20. The van der Waals surface area contributed by atoms with Gasteiger partial charge in [0.1, 0.15) is 6.54 Å². The number of carbonyl (C=O) groups excluding carboxylic acids is 2. The minimum Gasteiger partial charge on any atom is -0.468 e. The van der Waals surface area contributed by atoms with Gasteiger partial charge in [-0.1, -0.05) is 42.9 Å². The molecule has 0 unspecified atom stereocenters. The van der Waals surface area contributed by atoms with Crippen LogP contribution in [0.5, 0.6) is 0 Å². The van der Waals surface area contributed by atoms with Gasteiger partial charge < -0.3 is 9.30 Å². The van der Waals surface area contributed by atoms with Crippen molar-refractivity contribution < 1.29 is 14.3 Å². The standard InChI is InChI=1S/C22H21N3O3S2/c1-3-4-7-14-10-11-16-18(12-14)30-22(25(16)13-19(26)28-2)24-20(27)21-23-15-8-5-6-9-17(15)29-21/h5-6,8-12H,3-4,7,13H2,1-2H3. The fraction of sp³-hybridized carbons (Fsp3) is 0.273. The quantitative estimate of drug-likeness (QED) is 0.413. The first kappa shape index (κ1) is 20.4. The second-order valence-electron chi connectivity index (χ2n) is 6.86. The van der Waals surface area contributed by atoms with Crippen molar-refractivity contribution in [1.29, 1.82) is 0 Å². The molecule has 1 amide bonds. The molecule has 6 nitrogen and oxygen atoms in total. The average molecular weight is 440 g/mol. The van der Waals surface area contributed by atoms with Crippen LogP contribution in [0.25, 0.3) is 20.4 Å². The molecule has 0 aliphatic heterocycles. The van der Waals surface area contributed by atoms with Crippen molar-refractivity contribution in [3.05, 3.63) is 57.8 Å². The van der Waals surface area contributed by atoms with E-state index in [1.165, 1.54) is 35.3 Å². The Morgan fingerprint density at radius 3 is 2.73 bits per heavy atom. The predicted molar refractivity (Wildman–Crippen MR) is 120 cm³/mol. The summed E-state index contributed by atoms with van der Waals surface area (Å²) in [4.78, 5) is 34.0. The molecule has 0 atom stereocenters. The molecule has 0 aliphatic carbocycles. The van der Waals surface area contributed by atoms with Gasteiger partial charge in [0.05, 0.1) is 27.5 Å². The highest BCUT2D eigenvalue weighted by Gasteiger charge is 2.15. The van der Waals surface area contributed by atoms with Gasteiger partial charge in [0.25, 0.3) is 0 Å². The number of para-hydroxylation sites is 1. The first-order valence-electron chi connectivity index (χ1n) is 9.72. The fourth-order valence-electron chi connectivity index (χ4n) is 3.18. The number of nitrogens with zero attached hydrogens (tertiary/aromatic N) is 3. The molecule has 0 aliphatic rings. The minimum atomic E-state index is -0.410. The van der Waals surface area contributed by atoms with E-state index in [4.69, 9.17) is 4.74 Å². The van der Waals surface area contributed by atoms with Crippen LogP contribution in [0.15, 0.2) is 47.5 Å². The summed E-state index contributed by atoms with van der Waals surface area (Å²) < 4.78 is 8.51. The number of amides is 1. The van der Waals surface area contributed by atoms with E-state index in [0.717, 1.165) is 39.7 Å². The third-order valence-electron chi connectivity index (χ3n) is 4.76. The zero-order valence-electron chi connectivity index (χ0n) is 16.8. The van der Waals surface area contributed by atoms with E-state index in [2.05, 4.69) is 29.0 Å². The number of hydrogen-bond donors (Lipinski definition) is 0. The molecular weight excluding hydrogens is 418 g/mol. The van der Waals surface area contributed by atoms with Crippen LogP contribution in [0.2, 0.25) is 0 Å². The number of esters is 1. The van der Waals surface area contributed by atoms with Crippen LogP contribution in [-0.2, 0) is 22.5 Å². The third-order valence-corrected chi connectivity index (χ3v) is 6.82. The zero-order chi connectivity index (χ0) is 21.1. The highest BCUT2D eigenvalue weighted by molar-refractivity contribution is 7.20. The minimum absolute atomic E-state index is 0.00321. The summed E-state index contributed by atoms with van der Waals surface area (Å²) in [5.74, 6) is -0.800. The summed E-state index contributed by atoms with van der Waals surface area (Å²) in [7, 11) is 1.35. The number of rotatable bonds is 6. The van der Waals surface area contributed by atoms with Gasteiger partial charge in [0.15, 0.2) is 9.81 Å². The van der Waals surface area contributed by atoms with Crippen molar-refractivity contribution in [1.82, 2.24) is 9.55 Å². The number of aromatic nitrogens is 2. The Kier molecular flexibility index (Phi) is 6.06. The van der Waals surface area contributed by atoms with Crippen LogP contribution in [0, 0.1) is 0 Å². The van der Waals surface area contributed by atoms with Gasteiger partial charge in [-0.3, -0.25) is 9.59 Å². The number of thiazole rings is 2. The van der Waals surface area contributed by atoms with E-state index in [1.807, 2.05) is 30.3 Å². The van der Waals surface area contributed by atoms with Crippen molar-refractivity contribution in [3.8, 4) is 0 Å². The van der Waals surface area contributed by atoms with E-state index in [-0.39, 0.29) is 6.54 Å². The summed E-state index contributed by atoms with van der Waals surface area (Å²) >= 11 is 2.72. The number of methoxy groups -OCH3 is 1. The molecule has 2 aromatic heterocycles. The Morgan fingerprint density at radius 1 is 1.13 bits per heavy atom. The molecule has 2 heterocycles. The Balaban J connectivity index is 1.79. The summed E-state index contributed by atoms with van der Waals surface area (Å²) in [6.07, 6.45) is 3.24.